The van der Waals surface area contributed by atoms with Crippen LogP contribution in [0.15, 0.2) is 22.7 Å². The lowest BCUT2D eigenvalue weighted by Crippen LogP contribution is -2.13. The maximum Gasteiger partial charge on any atom is 0.313 e. The lowest BCUT2D eigenvalue weighted by Gasteiger charge is -1.99. The van der Waals surface area contributed by atoms with Crippen LogP contribution in [0, 0.1) is 5.82 Å². The lowest BCUT2D eigenvalue weighted by atomic mass is 10.3. The zero-order chi connectivity index (χ0) is 14.5. The van der Waals surface area contributed by atoms with Crippen molar-refractivity contribution in [3.05, 3.63) is 29.8 Å². The van der Waals surface area contributed by atoms with E-state index in [9.17, 15) is 14.0 Å². The summed E-state index contributed by atoms with van der Waals surface area (Å²) < 4.78 is 13.1. The SMILES string of the molecule is O=C(O)CSc1nnc(NC(=O)c2ccc(F)cn2)s1. The van der Waals surface area contributed by atoms with Crippen LogP contribution in [0.25, 0.3) is 0 Å². The van der Waals surface area contributed by atoms with Crippen molar-refractivity contribution in [1.29, 1.82) is 0 Å². The van der Waals surface area contributed by atoms with Crippen LogP contribution in [0.1, 0.15) is 10.5 Å². The molecule has 2 rings (SSSR count). The monoisotopic (exact) mass is 314 g/mol. The van der Waals surface area contributed by atoms with Crippen LogP contribution in [0.5, 0.6) is 0 Å². The smallest absolute Gasteiger partial charge is 0.313 e. The molecular formula is C10H7FN4O3S2. The molecule has 7 nitrogen and oxygen atoms in total. The van der Waals surface area contributed by atoms with E-state index < -0.39 is 17.7 Å². The van der Waals surface area contributed by atoms with Crippen LogP contribution in [0.3, 0.4) is 0 Å². The van der Waals surface area contributed by atoms with Gasteiger partial charge in [-0.05, 0) is 12.1 Å². The van der Waals surface area contributed by atoms with Gasteiger partial charge in [-0.15, -0.1) is 10.2 Å². The Hall–Kier alpha value is -2.07. The molecule has 0 bridgehead atoms. The normalized spacial score (nSPS) is 10.2. The molecule has 10 heteroatoms. The van der Waals surface area contributed by atoms with Gasteiger partial charge in [0.2, 0.25) is 5.13 Å². The molecule has 0 aromatic carbocycles. The molecule has 0 saturated carbocycles. The Bertz CT molecular complexity index is 632. The van der Waals surface area contributed by atoms with Crippen LogP contribution in [0.2, 0.25) is 0 Å². The Morgan fingerprint density at radius 3 is 2.85 bits per heavy atom. The average Bonchev–Trinajstić information content (AvgIpc) is 2.84. The number of rotatable bonds is 5. The minimum absolute atomic E-state index is 0.0429. The standard InChI is InChI=1S/C10H7FN4O3S2/c11-5-1-2-6(12-3-5)8(18)13-9-14-15-10(20-9)19-4-7(16)17/h1-3H,4H2,(H,16,17)(H,13,14,18). The molecule has 20 heavy (non-hydrogen) atoms. The van der Waals surface area contributed by atoms with Gasteiger partial charge in [-0.1, -0.05) is 23.1 Å². The third kappa shape index (κ3) is 3.96. The van der Waals surface area contributed by atoms with Crippen molar-refractivity contribution in [1.82, 2.24) is 15.2 Å². The van der Waals surface area contributed by atoms with E-state index in [4.69, 9.17) is 5.11 Å². The fraction of sp³-hybridized carbons (Fsp3) is 0.100. The third-order valence-corrected chi connectivity index (χ3v) is 3.86. The highest BCUT2D eigenvalue weighted by atomic mass is 32.2. The van der Waals surface area contributed by atoms with E-state index in [1.165, 1.54) is 6.07 Å². The van der Waals surface area contributed by atoms with Gasteiger partial charge in [-0.3, -0.25) is 14.9 Å². The summed E-state index contributed by atoms with van der Waals surface area (Å²) in [5, 5.41) is 18.6. The highest BCUT2D eigenvalue weighted by Gasteiger charge is 2.12. The van der Waals surface area contributed by atoms with Gasteiger partial charge >= 0.3 is 5.97 Å². The fourth-order valence-electron chi connectivity index (χ4n) is 1.11. The van der Waals surface area contributed by atoms with Gasteiger partial charge in [-0.2, -0.15) is 0 Å². The van der Waals surface area contributed by atoms with Crippen LogP contribution in [-0.2, 0) is 4.79 Å². The number of carbonyl (C=O) groups excluding carboxylic acids is 1. The molecule has 2 aromatic rings. The molecule has 0 unspecified atom stereocenters. The number of aliphatic carboxylic acids is 1. The first-order chi connectivity index (χ1) is 9.54. The molecule has 0 aliphatic rings. The number of halogens is 1. The topological polar surface area (TPSA) is 105 Å². The predicted molar refractivity (Wildman–Crippen MR) is 70.4 cm³/mol. The summed E-state index contributed by atoms with van der Waals surface area (Å²) in [6.45, 7) is 0. The number of carbonyl (C=O) groups is 2. The number of carboxylic acid groups (broad SMARTS) is 1. The zero-order valence-corrected chi connectivity index (χ0v) is 11.4. The molecule has 2 N–H and O–H groups in total. The Kier molecular flexibility index (Phi) is 4.58. The average molecular weight is 314 g/mol. The number of hydrogen-bond donors (Lipinski definition) is 2. The minimum atomic E-state index is -0.966. The van der Waals surface area contributed by atoms with Crippen LogP contribution < -0.4 is 5.32 Å². The first-order valence-corrected chi connectivity index (χ1v) is 6.96. The summed E-state index contributed by atoms with van der Waals surface area (Å²) in [4.78, 5) is 25.8. The Morgan fingerprint density at radius 2 is 2.20 bits per heavy atom. The Labute approximate surface area is 120 Å². The van der Waals surface area contributed by atoms with Crippen molar-refractivity contribution in [2.45, 2.75) is 4.34 Å². The van der Waals surface area contributed by atoms with Crippen LogP contribution >= 0.6 is 23.1 Å². The summed E-state index contributed by atoms with van der Waals surface area (Å²) in [5.41, 5.74) is 0.0429. The van der Waals surface area contributed by atoms with Gasteiger partial charge in [-0.25, -0.2) is 9.37 Å². The molecular weight excluding hydrogens is 307 g/mol. The molecule has 1 amide bonds. The number of hydrogen-bond acceptors (Lipinski definition) is 7. The van der Waals surface area contributed by atoms with Gasteiger partial charge in [0.25, 0.3) is 5.91 Å². The summed E-state index contributed by atoms with van der Waals surface area (Å²) in [6, 6.07) is 2.36. The molecule has 0 radical (unpaired) electrons. The maximum absolute atomic E-state index is 12.7. The minimum Gasteiger partial charge on any atom is -0.481 e. The van der Waals surface area contributed by atoms with Crippen LogP contribution in [-0.4, -0.2) is 37.9 Å². The summed E-state index contributed by atoms with van der Waals surface area (Å²) in [5.74, 6) is -2.19. The third-order valence-electron chi connectivity index (χ3n) is 1.91. The summed E-state index contributed by atoms with van der Waals surface area (Å²) in [6.07, 6.45) is 0.934. The Morgan fingerprint density at radius 1 is 1.40 bits per heavy atom. The maximum atomic E-state index is 12.7. The largest absolute Gasteiger partial charge is 0.481 e. The molecule has 0 saturated heterocycles. The van der Waals surface area contributed by atoms with Crippen molar-refractivity contribution in [2.24, 2.45) is 0 Å². The summed E-state index contributed by atoms with van der Waals surface area (Å²) >= 11 is 2.05. The number of amides is 1. The highest BCUT2D eigenvalue weighted by Crippen LogP contribution is 2.25. The van der Waals surface area contributed by atoms with E-state index in [-0.39, 0.29) is 16.6 Å². The number of carboxylic acids is 1. The molecule has 2 aromatic heterocycles. The number of nitrogens with zero attached hydrogens (tertiary/aromatic N) is 3. The fourth-order valence-corrected chi connectivity index (χ4v) is 2.58. The number of aromatic nitrogens is 3. The zero-order valence-electron chi connectivity index (χ0n) is 9.74. The van der Waals surface area contributed by atoms with Gasteiger partial charge in [0.15, 0.2) is 4.34 Å². The highest BCUT2D eigenvalue weighted by molar-refractivity contribution is 8.01. The van der Waals surface area contributed by atoms with E-state index in [0.717, 1.165) is 35.4 Å². The first-order valence-electron chi connectivity index (χ1n) is 5.15. The summed E-state index contributed by atoms with van der Waals surface area (Å²) in [7, 11) is 0. The van der Waals surface area contributed by atoms with E-state index in [0.29, 0.717) is 4.34 Å². The van der Waals surface area contributed by atoms with Crippen molar-refractivity contribution in [3.63, 3.8) is 0 Å². The predicted octanol–water partition coefficient (Wildman–Crippen LogP) is 1.50. The first kappa shape index (κ1) is 14.3. The number of pyridine rings is 1. The van der Waals surface area contributed by atoms with Crippen molar-refractivity contribution in [3.8, 4) is 0 Å². The molecule has 0 aliphatic heterocycles. The van der Waals surface area contributed by atoms with E-state index in [1.54, 1.807) is 0 Å². The van der Waals surface area contributed by atoms with Gasteiger partial charge in [0.05, 0.1) is 11.9 Å². The van der Waals surface area contributed by atoms with Gasteiger partial charge < -0.3 is 5.11 Å². The van der Waals surface area contributed by atoms with Gasteiger partial charge in [0.1, 0.15) is 11.5 Å². The second-order valence-corrected chi connectivity index (χ2v) is 5.57. The quantitative estimate of drug-likeness (QED) is 0.636. The molecule has 0 fully saturated rings. The number of anilines is 1. The molecule has 2 heterocycles. The van der Waals surface area contributed by atoms with E-state index >= 15 is 0 Å². The lowest BCUT2D eigenvalue weighted by molar-refractivity contribution is -0.133. The second kappa shape index (κ2) is 6.39. The Balaban J connectivity index is 1.97. The molecule has 0 atom stereocenters. The number of thioether (sulfide) groups is 1. The van der Waals surface area contributed by atoms with Crippen molar-refractivity contribution < 1.29 is 19.1 Å². The van der Waals surface area contributed by atoms with E-state index in [1.807, 2.05) is 0 Å². The van der Waals surface area contributed by atoms with Gasteiger partial charge in [0, 0.05) is 0 Å². The van der Waals surface area contributed by atoms with Crippen LogP contribution in [0.4, 0.5) is 9.52 Å². The van der Waals surface area contributed by atoms with Crippen molar-refractivity contribution >= 4 is 40.1 Å². The number of nitrogens with one attached hydrogen (secondary N) is 1. The molecule has 0 spiro atoms. The molecule has 0 aliphatic carbocycles. The van der Waals surface area contributed by atoms with Crippen molar-refractivity contribution in [2.75, 3.05) is 11.1 Å². The second-order valence-electron chi connectivity index (χ2n) is 3.37. The van der Waals surface area contributed by atoms with E-state index in [2.05, 4.69) is 20.5 Å². The molecule has 104 valence electrons.